The molecule has 6 heteroatoms. The average Bonchev–Trinajstić information content (AvgIpc) is 3.09. The van der Waals surface area contributed by atoms with Crippen molar-refractivity contribution in [2.45, 2.75) is 32.0 Å². The maximum absolute atomic E-state index is 5.57. The Kier molecular flexibility index (Phi) is 4.47. The van der Waals surface area contributed by atoms with Gasteiger partial charge in [0, 0.05) is 25.3 Å². The monoisotopic (exact) mass is 239 g/mol. The SMILES string of the molecule is CN(CCOCCn1cc(CN)nn1)C1CC1. The molecule has 1 heterocycles. The van der Waals surface area contributed by atoms with E-state index in [-0.39, 0.29) is 0 Å². The van der Waals surface area contributed by atoms with Crippen LogP contribution >= 0.6 is 0 Å². The zero-order valence-electron chi connectivity index (χ0n) is 10.4. The fraction of sp³-hybridized carbons (Fsp3) is 0.818. The molecule has 17 heavy (non-hydrogen) atoms. The summed E-state index contributed by atoms with van der Waals surface area (Å²) < 4.78 is 7.34. The minimum absolute atomic E-state index is 0.438. The average molecular weight is 239 g/mol. The largest absolute Gasteiger partial charge is 0.378 e. The Balaban J connectivity index is 1.53. The lowest BCUT2D eigenvalue weighted by molar-refractivity contribution is 0.101. The van der Waals surface area contributed by atoms with Crippen LogP contribution in [0, 0.1) is 0 Å². The highest BCUT2D eigenvalue weighted by molar-refractivity contribution is 4.90. The van der Waals surface area contributed by atoms with Crippen molar-refractivity contribution in [2.24, 2.45) is 5.73 Å². The van der Waals surface area contributed by atoms with E-state index in [2.05, 4.69) is 22.3 Å². The summed E-state index contributed by atoms with van der Waals surface area (Å²) in [6.45, 7) is 3.64. The lowest BCUT2D eigenvalue weighted by Crippen LogP contribution is -2.25. The Morgan fingerprint density at radius 2 is 2.35 bits per heavy atom. The number of rotatable bonds is 8. The summed E-state index contributed by atoms with van der Waals surface area (Å²) in [7, 11) is 2.16. The first-order valence-electron chi connectivity index (χ1n) is 6.16. The Morgan fingerprint density at radius 1 is 1.53 bits per heavy atom. The van der Waals surface area contributed by atoms with Gasteiger partial charge in [-0.3, -0.25) is 0 Å². The third-order valence-electron chi connectivity index (χ3n) is 3.02. The summed E-state index contributed by atoms with van der Waals surface area (Å²) in [5, 5.41) is 7.87. The Labute approximate surface area is 102 Å². The summed E-state index contributed by atoms with van der Waals surface area (Å²) in [5.74, 6) is 0. The van der Waals surface area contributed by atoms with Crippen molar-refractivity contribution in [1.29, 1.82) is 0 Å². The number of hydrogen-bond donors (Lipinski definition) is 1. The van der Waals surface area contributed by atoms with Crippen molar-refractivity contribution in [1.82, 2.24) is 19.9 Å². The summed E-state index contributed by atoms with van der Waals surface area (Å²) in [5.41, 5.74) is 6.27. The Hall–Kier alpha value is -0.980. The molecule has 1 aromatic heterocycles. The van der Waals surface area contributed by atoms with Gasteiger partial charge >= 0.3 is 0 Å². The summed E-state index contributed by atoms with van der Waals surface area (Å²) >= 11 is 0. The van der Waals surface area contributed by atoms with Gasteiger partial charge in [-0.15, -0.1) is 5.10 Å². The fourth-order valence-electron chi connectivity index (χ4n) is 1.71. The predicted octanol–water partition coefficient (Wildman–Crippen LogP) is -0.152. The van der Waals surface area contributed by atoms with Crippen LogP contribution in [0.4, 0.5) is 0 Å². The molecule has 0 saturated heterocycles. The quantitative estimate of drug-likeness (QED) is 0.639. The molecular formula is C11H21N5O. The van der Waals surface area contributed by atoms with Gasteiger partial charge in [0.25, 0.3) is 0 Å². The van der Waals surface area contributed by atoms with Gasteiger partial charge in [-0.05, 0) is 19.9 Å². The van der Waals surface area contributed by atoms with Crippen LogP contribution in [0.3, 0.4) is 0 Å². The number of aromatic nitrogens is 3. The zero-order chi connectivity index (χ0) is 12.1. The van der Waals surface area contributed by atoms with E-state index in [0.717, 1.165) is 31.4 Å². The molecule has 1 fully saturated rings. The molecule has 2 N–H and O–H groups in total. The van der Waals surface area contributed by atoms with Crippen LogP contribution in [0.5, 0.6) is 0 Å². The third kappa shape index (κ3) is 4.07. The van der Waals surface area contributed by atoms with Crippen LogP contribution in [0.15, 0.2) is 6.20 Å². The van der Waals surface area contributed by atoms with Crippen molar-refractivity contribution in [3.63, 3.8) is 0 Å². The van der Waals surface area contributed by atoms with E-state index in [9.17, 15) is 0 Å². The number of hydrogen-bond acceptors (Lipinski definition) is 5. The summed E-state index contributed by atoms with van der Waals surface area (Å²) in [4.78, 5) is 2.36. The first kappa shape index (κ1) is 12.5. The zero-order valence-corrected chi connectivity index (χ0v) is 10.4. The topological polar surface area (TPSA) is 69.2 Å². The van der Waals surface area contributed by atoms with E-state index in [1.165, 1.54) is 12.8 Å². The molecule has 96 valence electrons. The van der Waals surface area contributed by atoms with Crippen LogP contribution in [0.25, 0.3) is 0 Å². The van der Waals surface area contributed by atoms with Crippen molar-refractivity contribution >= 4 is 0 Å². The van der Waals surface area contributed by atoms with Crippen LogP contribution < -0.4 is 5.73 Å². The van der Waals surface area contributed by atoms with Crippen LogP contribution in [0.2, 0.25) is 0 Å². The fourth-order valence-corrected chi connectivity index (χ4v) is 1.71. The minimum Gasteiger partial charge on any atom is -0.378 e. The van der Waals surface area contributed by atoms with Crippen LogP contribution in [0.1, 0.15) is 18.5 Å². The molecule has 0 radical (unpaired) electrons. The molecule has 2 rings (SSSR count). The van der Waals surface area contributed by atoms with E-state index in [4.69, 9.17) is 10.5 Å². The van der Waals surface area contributed by atoms with Crippen molar-refractivity contribution in [3.8, 4) is 0 Å². The summed E-state index contributed by atoms with van der Waals surface area (Å²) in [6.07, 6.45) is 4.55. The second-order valence-corrected chi connectivity index (χ2v) is 4.50. The van der Waals surface area contributed by atoms with Crippen molar-refractivity contribution < 1.29 is 4.74 Å². The number of likely N-dealkylation sites (N-methyl/N-ethyl adjacent to an activating group) is 1. The molecule has 0 unspecified atom stereocenters. The predicted molar refractivity (Wildman–Crippen MR) is 64.4 cm³/mol. The molecule has 6 nitrogen and oxygen atoms in total. The smallest absolute Gasteiger partial charge is 0.0962 e. The van der Waals surface area contributed by atoms with Crippen molar-refractivity contribution in [2.75, 3.05) is 26.8 Å². The Morgan fingerprint density at radius 3 is 3.00 bits per heavy atom. The molecule has 1 aliphatic carbocycles. The van der Waals surface area contributed by atoms with Gasteiger partial charge in [-0.25, -0.2) is 4.68 Å². The highest BCUT2D eigenvalue weighted by Gasteiger charge is 2.25. The normalized spacial score (nSPS) is 15.7. The molecule has 0 aromatic carbocycles. The molecule has 0 amide bonds. The molecule has 1 aliphatic rings. The lowest BCUT2D eigenvalue weighted by atomic mass is 10.5. The summed E-state index contributed by atoms with van der Waals surface area (Å²) in [6, 6.07) is 0.807. The number of ether oxygens (including phenoxy) is 1. The first-order valence-corrected chi connectivity index (χ1v) is 6.16. The van der Waals surface area contributed by atoms with Crippen LogP contribution in [-0.4, -0.2) is 52.7 Å². The maximum atomic E-state index is 5.57. The van der Waals surface area contributed by atoms with Gasteiger partial charge in [-0.1, -0.05) is 5.21 Å². The molecule has 0 aliphatic heterocycles. The van der Waals surface area contributed by atoms with E-state index in [1.807, 2.05) is 6.20 Å². The standard InChI is InChI=1S/C11H21N5O/c1-15(11-2-3-11)4-6-17-7-5-16-9-10(8-12)13-14-16/h9,11H,2-8,12H2,1H3. The maximum Gasteiger partial charge on any atom is 0.0962 e. The van der Waals surface area contributed by atoms with Gasteiger partial charge in [0.1, 0.15) is 0 Å². The highest BCUT2D eigenvalue weighted by atomic mass is 16.5. The van der Waals surface area contributed by atoms with E-state index in [1.54, 1.807) is 4.68 Å². The van der Waals surface area contributed by atoms with E-state index < -0.39 is 0 Å². The minimum atomic E-state index is 0.438. The molecule has 0 bridgehead atoms. The molecular weight excluding hydrogens is 218 g/mol. The van der Waals surface area contributed by atoms with Gasteiger partial charge in [0.2, 0.25) is 0 Å². The Bertz CT molecular complexity index is 336. The second kappa shape index (κ2) is 6.09. The molecule has 1 aromatic rings. The third-order valence-corrected chi connectivity index (χ3v) is 3.02. The molecule has 0 spiro atoms. The second-order valence-electron chi connectivity index (χ2n) is 4.50. The highest BCUT2D eigenvalue weighted by Crippen LogP contribution is 2.24. The lowest BCUT2D eigenvalue weighted by Gasteiger charge is -2.15. The van der Waals surface area contributed by atoms with Gasteiger partial charge in [-0.2, -0.15) is 0 Å². The van der Waals surface area contributed by atoms with Gasteiger partial charge < -0.3 is 15.4 Å². The molecule has 1 saturated carbocycles. The van der Waals surface area contributed by atoms with Crippen LogP contribution in [-0.2, 0) is 17.8 Å². The van der Waals surface area contributed by atoms with E-state index >= 15 is 0 Å². The number of nitrogens with two attached hydrogens (primary N) is 1. The van der Waals surface area contributed by atoms with E-state index in [0.29, 0.717) is 13.2 Å². The van der Waals surface area contributed by atoms with Crippen molar-refractivity contribution in [3.05, 3.63) is 11.9 Å². The van der Waals surface area contributed by atoms with Gasteiger partial charge in [0.05, 0.1) is 25.5 Å². The number of nitrogens with zero attached hydrogens (tertiary/aromatic N) is 4. The first-order chi connectivity index (χ1) is 8.29. The van der Waals surface area contributed by atoms with Gasteiger partial charge in [0.15, 0.2) is 0 Å². The molecule has 0 atom stereocenters.